The van der Waals surface area contributed by atoms with Gasteiger partial charge in [0, 0.05) is 11.9 Å². The highest BCUT2D eigenvalue weighted by atomic mass is 19.4. The van der Waals surface area contributed by atoms with Gasteiger partial charge in [-0.2, -0.15) is 13.2 Å². The molecule has 0 amide bonds. The lowest BCUT2D eigenvalue weighted by atomic mass is 10.0. The molecule has 0 spiro atoms. The lowest BCUT2D eigenvalue weighted by Crippen LogP contribution is -2.08. The molecule has 0 bridgehead atoms. The first-order valence-corrected chi connectivity index (χ1v) is 7.18. The van der Waals surface area contributed by atoms with Crippen LogP contribution in [0.25, 0.3) is 5.69 Å². The molecule has 23 heavy (non-hydrogen) atoms. The molecule has 0 aliphatic heterocycles. The van der Waals surface area contributed by atoms with Crippen molar-refractivity contribution in [3.8, 4) is 5.69 Å². The van der Waals surface area contributed by atoms with Gasteiger partial charge in [-0.05, 0) is 42.7 Å². The molecule has 0 saturated carbocycles. The SMILES string of the molecule is Cc1cncn1-c1ccc(C(F)(F)F)cc1Cc1ccccc1. The molecular formula is C18H15F3N2. The Hall–Kier alpha value is -2.56. The van der Waals surface area contributed by atoms with Crippen LogP contribution in [0.5, 0.6) is 0 Å². The zero-order valence-electron chi connectivity index (χ0n) is 12.5. The van der Waals surface area contributed by atoms with Crippen molar-refractivity contribution in [2.24, 2.45) is 0 Å². The van der Waals surface area contributed by atoms with E-state index in [1.165, 1.54) is 12.1 Å². The average Bonchev–Trinajstić information content (AvgIpc) is 2.93. The Morgan fingerprint density at radius 3 is 2.39 bits per heavy atom. The van der Waals surface area contributed by atoms with Crippen LogP contribution in [-0.4, -0.2) is 9.55 Å². The minimum absolute atomic E-state index is 0.428. The first kappa shape index (κ1) is 15.3. The zero-order valence-corrected chi connectivity index (χ0v) is 12.5. The normalized spacial score (nSPS) is 11.7. The predicted molar refractivity (Wildman–Crippen MR) is 82.6 cm³/mol. The number of halogens is 3. The standard InChI is InChI=1S/C18H15F3N2/c1-13-11-22-12-23(13)17-8-7-16(18(19,20)21)10-15(17)9-14-5-3-2-4-6-14/h2-8,10-12H,9H2,1H3. The summed E-state index contributed by atoms with van der Waals surface area (Å²) >= 11 is 0. The van der Waals surface area contributed by atoms with E-state index < -0.39 is 11.7 Å². The number of hydrogen-bond donors (Lipinski definition) is 0. The maximum atomic E-state index is 13.0. The van der Waals surface area contributed by atoms with Crippen molar-refractivity contribution in [1.82, 2.24) is 9.55 Å². The summed E-state index contributed by atoms with van der Waals surface area (Å²) in [7, 11) is 0. The fraction of sp³-hybridized carbons (Fsp3) is 0.167. The maximum absolute atomic E-state index is 13.0. The molecule has 0 radical (unpaired) electrons. The molecule has 1 aromatic heterocycles. The van der Waals surface area contributed by atoms with Gasteiger partial charge in [0.25, 0.3) is 0 Å². The Balaban J connectivity index is 2.10. The monoisotopic (exact) mass is 316 g/mol. The maximum Gasteiger partial charge on any atom is 0.416 e. The van der Waals surface area contributed by atoms with E-state index in [-0.39, 0.29) is 0 Å². The van der Waals surface area contributed by atoms with Crippen LogP contribution in [0.4, 0.5) is 13.2 Å². The minimum Gasteiger partial charge on any atom is -0.303 e. The van der Waals surface area contributed by atoms with Gasteiger partial charge in [-0.1, -0.05) is 30.3 Å². The molecule has 0 N–H and O–H groups in total. The highest BCUT2D eigenvalue weighted by Crippen LogP contribution is 2.32. The van der Waals surface area contributed by atoms with Crippen molar-refractivity contribution >= 4 is 0 Å². The quantitative estimate of drug-likeness (QED) is 0.679. The Labute approximate surface area is 132 Å². The molecule has 118 valence electrons. The molecule has 2 aromatic carbocycles. The van der Waals surface area contributed by atoms with Crippen LogP contribution in [-0.2, 0) is 12.6 Å². The van der Waals surface area contributed by atoms with Gasteiger partial charge in [-0.3, -0.25) is 0 Å². The van der Waals surface area contributed by atoms with E-state index in [4.69, 9.17) is 0 Å². The first-order valence-electron chi connectivity index (χ1n) is 7.18. The van der Waals surface area contributed by atoms with Gasteiger partial charge in [-0.25, -0.2) is 4.98 Å². The number of rotatable bonds is 3. The Morgan fingerprint density at radius 2 is 1.78 bits per heavy atom. The number of hydrogen-bond acceptors (Lipinski definition) is 1. The number of nitrogens with zero attached hydrogens (tertiary/aromatic N) is 2. The number of aromatic nitrogens is 2. The molecule has 0 atom stereocenters. The van der Waals surface area contributed by atoms with Crippen LogP contribution in [0.3, 0.4) is 0 Å². The van der Waals surface area contributed by atoms with Crippen LogP contribution >= 0.6 is 0 Å². The summed E-state index contributed by atoms with van der Waals surface area (Å²) < 4.78 is 40.9. The third kappa shape index (κ3) is 3.28. The molecule has 0 saturated heterocycles. The molecular weight excluding hydrogens is 301 g/mol. The second-order valence-corrected chi connectivity index (χ2v) is 5.41. The Kier molecular flexibility index (Phi) is 3.94. The Morgan fingerprint density at radius 1 is 1.04 bits per heavy atom. The van der Waals surface area contributed by atoms with Crippen molar-refractivity contribution < 1.29 is 13.2 Å². The van der Waals surface area contributed by atoms with Crippen molar-refractivity contribution in [1.29, 1.82) is 0 Å². The van der Waals surface area contributed by atoms with Crippen LogP contribution < -0.4 is 0 Å². The molecule has 3 aromatic rings. The van der Waals surface area contributed by atoms with Crippen LogP contribution in [0.2, 0.25) is 0 Å². The van der Waals surface area contributed by atoms with Crippen molar-refractivity contribution in [2.75, 3.05) is 0 Å². The summed E-state index contributed by atoms with van der Waals surface area (Å²) in [6.07, 6.45) is -0.623. The minimum atomic E-state index is -4.35. The van der Waals surface area contributed by atoms with Crippen molar-refractivity contribution in [2.45, 2.75) is 19.5 Å². The number of benzene rings is 2. The second kappa shape index (κ2) is 5.91. The van der Waals surface area contributed by atoms with Gasteiger partial charge in [0.1, 0.15) is 0 Å². The van der Waals surface area contributed by atoms with Crippen molar-refractivity contribution in [3.05, 3.63) is 83.4 Å². The van der Waals surface area contributed by atoms with E-state index in [2.05, 4.69) is 4.98 Å². The molecule has 5 heteroatoms. The summed E-state index contributed by atoms with van der Waals surface area (Å²) in [4.78, 5) is 4.06. The lowest BCUT2D eigenvalue weighted by molar-refractivity contribution is -0.137. The summed E-state index contributed by atoms with van der Waals surface area (Å²) in [6, 6.07) is 13.3. The van der Waals surface area contributed by atoms with Gasteiger partial charge in [0.2, 0.25) is 0 Å². The molecule has 1 heterocycles. The number of aryl methyl sites for hydroxylation is 1. The summed E-state index contributed by atoms with van der Waals surface area (Å²) in [5, 5.41) is 0. The van der Waals surface area contributed by atoms with Crippen molar-refractivity contribution in [3.63, 3.8) is 0 Å². The number of alkyl halides is 3. The highest BCUT2D eigenvalue weighted by Gasteiger charge is 2.31. The fourth-order valence-corrected chi connectivity index (χ4v) is 2.57. The third-order valence-corrected chi connectivity index (χ3v) is 3.73. The van der Waals surface area contributed by atoms with Gasteiger partial charge >= 0.3 is 6.18 Å². The first-order chi connectivity index (χ1) is 10.9. The van der Waals surface area contributed by atoms with Gasteiger partial charge in [-0.15, -0.1) is 0 Å². The third-order valence-electron chi connectivity index (χ3n) is 3.73. The largest absolute Gasteiger partial charge is 0.416 e. The summed E-state index contributed by atoms with van der Waals surface area (Å²) in [6.45, 7) is 1.87. The molecule has 3 rings (SSSR count). The van der Waals surface area contributed by atoms with Crippen LogP contribution in [0.15, 0.2) is 61.1 Å². The molecule has 0 aliphatic carbocycles. The van der Waals surface area contributed by atoms with E-state index in [1.54, 1.807) is 17.1 Å². The van der Waals surface area contributed by atoms with E-state index >= 15 is 0 Å². The van der Waals surface area contributed by atoms with Gasteiger partial charge in [0.05, 0.1) is 17.6 Å². The molecule has 0 fully saturated rings. The second-order valence-electron chi connectivity index (χ2n) is 5.41. The smallest absolute Gasteiger partial charge is 0.303 e. The Bertz CT molecular complexity index is 805. The predicted octanol–water partition coefficient (Wildman–Crippen LogP) is 4.79. The molecule has 0 aliphatic rings. The van der Waals surface area contributed by atoms with Crippen LogP contribution in [0, 0.1) is 6.92 Å². The van der Waals surface area contributed by atoms with E-state index in [0.717, 1.165) is 23.0 Å². The summed E-state index contributed by atoms with van der Waals surface area (Å²) in [5.74, 6) is 0. The van der Waals surface area contributed by atoms with Gasteiger partial charge in [0.15, 0.2) is 0 Å². The van der Waals surface area contributed by atoms with E-state index in [1.807, 2.05) is 37.3 Å². The topological polar surface area (TPSA) is 17.8 Å². The van der Waals surface area contributed by atoms with Gasteiger partial charge < -0.3 is 4.57 Å². The molecule has 0 unspecified atom stereocenters. The number of imidazole rings is 1. The average molecular weight is 316 g/mol. The molecule has 2 nitrogen and oxygen atoms in total. The zero-order chi connectivity index (χ0) is 16.4. The van der Waals surface area contributed by atoms with E-state index in [9.17, 15) is 13.2 Å². The summed E-state index contributed by atoms with van der Waals surface area (Å²) in [5.41, 5.74) is 2.54. The van der Waals surface area contributed by atoms with Crippen LogP contribution in [0.1, 0.15) is 22.4 Å². The highest BCUT2D eigenvalue weighted by molar-refractivity contribution is 5.47. The van der Waals surface area contributed by atoms with E-state index in [0.29, 0.717) is 12.0 Å². The lowest BCUT2D eigenvalue weighted by Gasteiger charge is -2.15. The fourth-order valence-electron chi connectivity index (χ4n) is 2.57.